The second kappa shape index (κ2) is 9.86. The largest absolute Gasteiger partial charge is 0.457 e. The Kier molecular flexibility index (Phi) is 7.42. The minimum Gasteiger partial charge on any atom is -0.457 e. The summed E-state index contributed by atoms with van der Waals surface area (Å²) in [5, 5.41) is 11.5. The van der Waals surface area contributed by atoms with E-state index in [1.165, 1.54) is 4.31 Å². The van der Waals surface area contributed by atoms with Gasteiger partial charge in [-0.05, 0) is 61.6 Å². The summed E-state index contributed by atoms with van der Waals surface area (Å²) >= 11 is 0. The van der Waals surface area contributed by atoms with E-state index in [-0.39, 0.29) is 18.5 Å². The van der Waals surface area contributed by atoms with Gasteiger partial charge in [-0.2, -0.15) is 4.31 Å². The fourth-order valence-corrected chi connectivity index (χ4v) is 5.98. The van der Waals surface area contributed by atoms with Gasteiger partial charge in [-0.1, -0.05) is 31.0 Å². The number of ether oxygens (including phenoxy) is 1. The highest BCUT2D eigenvalue weighted by molar-refractivity contribution is 7.89. The van der Waals surface area contributed by atoms with Crippen molar-refractivity contribution in [3.63, 3.8) is 0 Å². The number of hydrogen-bond acceptors (Lipinski definition) is 7. The van der Waals surface area contributed by atoms with E-state index in [2.05, 4.69) is 22.4 Å². The van der Waals surface area contributed by atoms with E-state index in [0.29, 0.717) is 43.2 Å². The number of sulfonamides is 1. The number of benzene rings is 1. The highest BCUT2D eigenvalue weighted by atomic mass is 32.2. The van der Waals surface area contributed by atoms with Crippen LogP contribution in [0.1, 0.15) is 55.1 Å². The summed E-state index contributed by atoms with van der Waals surface area (Å²) in [5.41, 5.74) is 2.54. The second-order valence-corrected chi connectivity index (χ2v) is 10.1. The number of piperidine rings is 1. The maximum absolute atomic E-state index is 13.2. The maximum atomic E-state index is 13.2. The highest BCUT2D eigenvalue weighted by Crippen LogP contribution is 2.29. The van der Waals surface area contributed by atoms with Crippen molar-refractivity contribution in [3.8, 4) is 0 Å². The predicted molar refractivity (Wildman–Crippen MR) is 115 cm³/mol. The Morgan fingerprint density at radius 1 is 1.16 bits per heavy atom. The minimum atomic E-state index is -3.60. The molecule has 0 saturated carbocycles. The fourth-order valence-electron chi connectivity index (χ4n) is 4.10. The Morgan fingerprint density at radius 3 is 2.42 bits per heavy atom. The first-order valence-electron chi connectivity index (χ1n) is 10.7. The smallest absolute Gasteiger partial charge is 0.309 e. The average molecular weight is 450 g/mol. The van der Waals surface area contributed by atoms with Crippen molar-refractivity contribution in [2.75, 3.05) is 13.1 Å². The van der Waals surface area contributed by atoms with Crippen molar-refractivity contribution in [1.82, 2.24) is 24.5 Å². The van der Waals surface area contributed by atoms with E-state index in [4.69, 9.17) is 4.74 Å². The van der Waals surface area contributed by atoms with E-state index in [1.807, 2.05) is 32.9 Å². The van der Waals surface area contributed by atoms with Gasteiger partial charge in [-0.15, -0.1) is 5.10 Å². The minimum absolute atomic E-state index is 0.0236. The number of rotatable bonds is 8. The van der Waals surface area contributed by atoms with Crippen LogP contribution in [0.3, 0.4) is 0 Å². The lowest BCUT2D eigenvalue weighted by atomic mass is 9.98. The van der Waals surface area contributed by atoms with Crippen LogP contribution in [-0.4, -0.2) is 52.0 Å². The Balaban J connectivity index is 1.58. The summed E-state index contributed by atoms with van der Waals surface area (Å²) in [5.74, 6) is -0.136. The molecule has 0 N–H and O–H groups in total. The number of carbonyl (C=O) groups is 1. The highest BCUT2D eigenvalue weighted by Gasteiger charge is 2.34. The van der Waals surface area contributed by atoms with E-state index < -0.39 is 10.0 Å². The Labute approximate surface area is 183 Å². The first-order chi connectivity index (χ1) is 14.7. The number of nitrogens with zero attached hydrogens (tertiary/aromatic N) is 5. The standard InChI is InChI=1S/C21H31N5O4S/c1-5-6-9-26-19(22-23-24-26)14-30-21(27)18-7-10-25(11-8-18)31(28,29)20-16(3)12-15(2)13-17(20)4/h12-13,18H,5-11,14H2,1-4H3. The van der Waals surface area contributed by atoms with Gasteiger partial charge in [0.05, 0.1) is 10.8 Å². The molecule has 0 unspecified atom stereocenters. The Bertz CT molecular complexity index is 1000. The van der Waals surface area contributed by atoms with Gasteiger partial charge in [-0.25, -0.2) is 13.1 Å². The Hall–Kier alpha value is -2.33. The maximum Gasteiger partial charge on any atom is 0.309 e. The molecule has 1 aliphatic heterocycles. The summed E-state index contributed by atoms with van der Waals surface area (Å²) < 4.78 is 35.0. The van der Waals surface area contributed by atoms with Crippen molar-refractivity contribution < 1.29 is 17.9 Å². The molecule has 9 nitrogen and oxygen atoms in total. The number of carbonyl (C=O) groups excluding carboxylic acids is 1. The molecule has 2 aromatic rings. The molecule has 1 aromatic heterocycles. The van der Waals surface area contributed by atoms with Gasteiger partial charge in [-0.3, -0.25) is 4.79 Å². The molecule has 2 heterocycles. The summed E-state index contributed by atoms with van der Waals surface area (Å²) in [6.07, 6.45) is 2.83. The van der Waals surface area contributed by atoms with Gasteiger partial charge in [0.2, 0.25) is 10.0 Å². The fraction of sp³-hybridized carbons (Fsp3) is 0.619. The quantitative estimate of drug-likeness (QED) is 0.570. The molecule has 1 fully saturated rings. The molecule has 0 amide bonds. The Morgan fingerprint density at radius 2 is 1.81 bits per heavy atom. The zero-order valence-electron chi connectivity index (χ0n) is 18.7. The van der Waals surface area contributed by atoms with E-state index >= 15 is 0 Å². The number of tetrazole rings is 1. The third kappa shape index (κ3) is 5.30. The molecule has 1 aromatic carbocycles. The monoisotopic (exact) mass is 449 g/mol. The van der Waals surface area contributed by atoms with Gasteiger partial charge < -0.3 is 4.74 Å². The number of unbranched alkanes of at least 4 members (excludes halogenated alkanes) is 1. The molecular formula is C21H31N5O4S. The number of hydrogen-bond donors (Lipinski definition) is 0. The first-order valence-corrected chi connectivity index (χ1v) is 12.2. The summed E-state index contributed by atoms with van der Waals surface area (Å²) in [6, 6.07) is 3.77. The topological polar surface area (TPSA) is 107 Å². The van der Waals surface area contributed by atoms with Gasteiger partial charge in [0.15, 0.2) is 12.4 Å². The van der Waals surface area contributed by atoms with Crippen LogP contribution in [0.2, 0.25) is 0 Å². The van der Waals surface area contributed by atoms with Crippen molar-refractivity contribution >= 4 is 16.0 Å². The third-order valence-corrected chi connectivity index (χ3v) is 7.87. The second-order valence-electron chi connectivity index (χ2n) is 8.19. The SMILES string of the molecule is CCCCn1nnnc1COC(=O)C1CCN(S(=O)(=O)c2c(C)cc(C)cc2C)CC1. The number of aryl methyl sites for hydroxylation is 4. The van der Waals surface area contributed by atoms with Crippen molar-refractivity contribution in [2.45, 2.75) is 71.4 Å². The molecule has 1 aliphatic rings. The van der Waals surface area contributed by atoms with E-state index in [1.54, 1.807) is 4.68 Å². The molecule has 170 valence electrons. The predicted octanol–water partition coefficient (Wildman–Crippen LogP) is 2.54. The molecule has 10 heteroatoms. The summed E-state index contributed by atoms with van der Waals surface area (Å²) in [7, 11) is -3.60. The van der Waals surface area contributed by atoms with E-state index in [0.717, 1.165) is 29.5 Å². The molecule has 0 aliphatic carbocycles. The third-order valence-electron chi connectivity index (χ3n) is 5.66. The molecular weight excluding hydrogens is 418 g/mol. The molecule has 0 bridgehead atoms. The van der Waals surface area contributed by atoms with Gasteiger partial charge in [0, 0.05) is 19.6 Å². The van der Waals surface area contributed by atoms with Gasteiger partial charge in [0.25, 0.3) is 0 Å². The lowest BCUT2D eigenvalue weighted by molar-refractivity contribution is -0.151. The van der Waals surface area contributed by atoms with Crippen LogP contribution in [-0.2, 0) is 32.7 Å². The van der Waals surface area contributed by atoms with Crippen LogP contribution in [0.15, 0.2) is 17.0 Å². The van der Waals surface area contributed by atoms with Crippen LogP contribution in [0.4, 0.5) is 0 Å². The molecule has 1 saturated heterocycles. The van der Waals surface area contributed by atoms with E-state index in [9.17, 15) is 13.2 Å². The lowest BCUT2D eigenvalue weighted by Gasteiger charge is -2.31. The van der Waals surface area contributed by atoms with Crippen LogP contribution >= 0.6 is 0 Å². The van der Waals surface area contributed by atoms with Crippen molar-refractivity contribution in [2.24, 2.45) is 5.92 Å². The van der Waals surface area contributed by atoms with Crippen molar-refractivity contribution in [3.05, 3.63) is 34.6 Å². The van der Waals surface area contributed by atoms with Gasteiger partial charge in [0.1, 0.15) is 0 Å². The van der Waals surface area contributed by atoms with Crippen molar-refractivity contribution in [1.29, 1.82) is 0 Å². The summed E-state index contributed by atoms with van der Waals surface area (Å²) in [4.78, 5) is 12.9. The lowest BCUT2D eigenvalue weighted by Crippen LogP contribution is -2.41. The van der Waals surface area contributed by atoms with Crippen LogP contribution in [0.5, 0.6) is 0 Å². The molecule has 0 radical (unpaired) electrons. The normalized spacial score (nSPS) is 15.9. The zero-order valence-corrected chi connectivity index (χ0v) is 19.5. The zero-order chi connectivity index (χ0) is 22.6. The van der Waals surface area contributed by atoms with Crippen LogP contribution in [0, 0.1) is 26.7 Å². The molecule has 0 atom stereocenters. The van der Waals surface area contributed by atoms with Crippen LogP contribution < -0.4 is 0 Å². The first kappa shape index (κ1) is 23.3. The molecule has 3 rings (SSSR count). The molecule has 31 heavy (non-hydrogen) atoms. The van der Waals surface area contributed by atoms with Gasteiger partial charge >= 0.3 is 5.97 Å². The number of aromatic nitrogens is 4. The average Bonchev–Trinajstić information content (AvgIpc) is 3.17. The number of esters is 1. The molecule has 0 spiro atoms. The van der Waals surface area contributed by atoms with Crippen LogP contribution in [0.25, 0.3) is 0 Å². The summed E-state index contributed by atoms with van der Waals surface area (Å²) in [6.45, 7) is 8.98.